The van der Waals surface area contributed by atoms with Gasteiger partial charge in [-0.2, -0.15) is 0 Å². The zero-order chi connectivity index (χ0) is 20.2. The lowest BCUT2D eigenvalue weighted by atomic mass is 10.2. The van der Waals surface area contributed by atoms with Crippen LogP contribution in [0, 0.1) is 5.82 Å². The van der Waals surface area contributed by atoms with Gasteiger partial charge in [0.2, 0.25) is 5.91 Å². The zero-order valence-electron chi connectivity index (χ0n) is 16.3. The molecule has 1 aliphatic heterocycles. The van der Waals surface area contributed by atoms with Crippen molar-refractivity contribution >= 4 is 22.5 Å². The molecule has 1 N–H and O–H groups in total. The van der Waals surface area contributed by atoms with Crippen LogP contribution < -0.4 is 10.9 Å². The van der Waals surface area contributed by atoms with Gasteiger partial charge >= 0.3 is 0 Å². The number of aryl methyl sites for hydroxylation is 1. The summed E-state index contributed by atoms with van der Waals surface area (Å²) in [5, 5.41) is 2.93. The highest BCUT2D eigenvalue weighted by atomic mass is 19.1. The first-order valence-electron chi connectivity index (χ1n) is 9.99. The summed E-state index contributed by atoms with van der Waals surface area (Å²) in [7, 11) is 0. The standard InChI is InChI=1S/C21H25FN4O3/c22-16-5-6-17-19(15-16)26(21(28)18-3-1-8-25(17)18)9-2-4-20(27)23-7-10-24-11-13-29-14-12-24/h1,3,5-6,8,15H,2,4,7,9-14H2,(H,23,27). The maximum atomic E-state index is 13.8. The van der Waals surface area contributed by atoms with Crippen molar-refractivity contribution in [1.29, 1.82) is 0 Å². The zero-order valence-corrected chi connectivity index (χ0v) is 16.3. The molecule has 1 fully saturated rings. The van der Waals surface area contributed by atoms with Crippen molar-refractivity contribution in [3.05, 3.63) is 52.7 Å². The fourth-order valence-electron chi connectivity index (χ4n) is 3.82. The van der Waals surface area contributed by atoms with Gasteiger partial charge in [0, 0.05) is 45.3 Å². The normalized spacial score (nSPS) is 15.2. The van der Waals surface area contributed by atoms with Crippen LogP contribution >= 0.6 is 0 Å². The molecule has 2 aromatic heterocycles. The topological polar surface area (TPSA) is 68.0 Å². The second kappa shape index (κ2) is 8.75. The molecule has 154 valence electrons. The van der Waals surface area contributed by atoms with E-state index in [2.05, 4.69) is 10.2 Å². The van der Waals surface area contributed by atoms with Crippen molar-refractivity contribution in [2.45, 2.75) is 19.4 Å². The number of nitrogens with zero attached hydrogens (tertiary/aromatic N) is 3. The Morgan fingerprint density at radius 3 is 2.76 bits per heavy atom. The van der Waals surface area contributed by atoms with E-state index in [1.54, 1.807) is 33.4 Å². The number of benzene rings is 1. The van der Waals surface area contributed by atoms with Crippen LogP contribution in [0.5, 0.6) is 0 Å². The number of morpholine rings is 1. The number of halogens is 1. The van der Waals surface area contributed by atoms with Gasteiger partial charge in [-0.05, 0) is 36.8 Å². The van der Waals surface area contributed by atoms with E-state index in [4.69, 9.17) is 4.74 Å². The second-order valence-corrected chi connectivity index (χ2v) is 7.26. The van der Waals surface area contributed by atoms with Crippen LogP contribution in [0.3, 0.4) is 0 Å². The maximum Gasteiger partial charge on any atom is 0.275 e. The predicted octanol–water partition coefficient (Wildman–Crippen LogP) is 1.62. The molecule has 0 bridgehead atoms. The number of nitrogens with one attached hydrogen (secondary N) is 1. The van der Waals surface area contributed by atoms with Crippen LogP contribution in [-0.4, -0.2) is 59.2 Å². The second-order valence-electron chi connectivity index (χ2n) is 7.26. The molecule has 1 aliphatic rings. The molecule has 0 radical (unpaired) electrons. The Kier molecular flexibility index (Phi) is 5.92. The molecule has 0 saturated carbocycles. The van der Waals surface area contributed by atoms with Gasteiger partial charge in [-0.1, -0.05) is 0 Å². The number of fused-ring (bicyclic) bond motifs is 3. The summed E-state index contributed by atoms with van der Waals surface area (Å²) >= 11 is 0. The first-order chi connectivity index (χ1) is 14.1. The highest BCUT2D eigenvalue weighted by Gasteiger charge is 2.13. The molecule has 0 spiro atoms. The van der Waals surface area contributed by atoms with Crippen LogP contribution in [0.4, 0.5) is 4.39 Å². The number of hydrogen-bond acceptors (Lipinski definition) is 4. The van der Waals surface area contributed by atoms with E-state index in [9.17, 15) is 14.0 Å². The van der Waals surface area contributed by atoms with Crippen LogP contribution in [0.15, 0.2) is 41.3 Å². The summed E-state index contributed by atoms with van der Waals surface area (Å²) in [6.07, 6.45) is 2.62. The fourth-order valence-corrected chi connectivity index (χ4v) is 3.82. The van der Waals surface area contributed by atoms with Crippen molar-refractivity contribution in [2.75, 3.05) is 39.4 Å². The van der Waals surface area contributed by atoms with Gasteiger partial charge in [-0.3, -0.25) is 14.5 Å². The number of ether oxygens (including phenoxy) is 1. The monoisotopic (exact) mass is 400 g/mol. The van der Waals surface area contributed by atoms with E-state index >= 15 is 0 Å². The Balaban J connectivity index is 1.38. The van der Waals surface area contributed by atoms with Crippen LogP contribution in [0.25, 0.3) is 16.6 Å². The molecule has 4 rings (SSSR count). The number of hydrogen-bond donors (Lipinski definition) is 1. The maximum absolute atomic E-state index is 13.8. The quantitative estimate of drug-likeness (QED) is 0.655. The molecule has 0 aliphatic carbocycles. The minimum atomic E-state index is -0.391. The number of aromatic nitrogens is 2. The predicted molar refractivity (Wildman–Crippen MR) is 109 cm³/mol. The Hall–Kier alpha value is -2.71. The molecular weight excluding hydrogens is 375 g/mol. The van der Waals surface area contributed by atoms with Crippen molar-refractivity contribution in [3.63, 3.8) is 0 Å². The summed E-state index contributed by atoms with van der Waals surface area (Å²) in [6.45, 7) is 5.03. The molecule has 8 heteroatoms. The average Bonchev–Trinajstić information content (AvgIpc) is 3.21. The largest absolute Gasteiger partial charge is 0.379 e. The SMILES string of the molecule is O=C(CCCn1c(=O)c2cccn2c2ccc(F)cc21)NCCN1CCOCC1. The third-order valence-corrected chi connectivity index (χ3v) is 5.34. The summed E-state index contributed by atoms with van der Waals surface area (Å²) < 4.78 is 22.5. The Morgan fingerprint density at radius 2 is 1.93 bits per heavy atom. The van der Waals surface area contributed by atoms with Crippen molar-refractivity contribution < 1.29 is 13.9 Å². The molecule has 7 nitrogen and oxygen atoms in total. The molecule has 29 heavy (non-hydrogen) atoms. The van der Waals surface area contributed by atoms with E-state index in [-0.39, 0.29) is 11.5 Å². The smallest absolute Gasteiger partial charge is 0.275 e. The minimum Gasteiger partial charge on any atom is -0.379 e. The van der Waals surface area contributed by atoms with Crippen molar-refractivity contribution in [1.82, 2.24) is 19.2 Å². The molecule has 3 aromatic rings. The fraction of sp³-hybridized carbons (Fsp3) is 0.429. The van der Waals surface area contributed by atoms with Crippen LogP contribution in [-0.2, 0) is 16.1 Å². The van der Waals surface area contributed by atoms with Gasteiger partial charge in [0.1, 0.15) is 11.3 Å². The van der Waals surface area contributed by atoms with E-state index in [0.29, 0.717) is 37.0 Å². The van der Waals surface area contributed by atoms with Gasteiger partial charge in [0.25, 0.3) is 5.56 Å². The molecule has 0 unspecified atom stereocenters. The average molecular weight is 400 g/mol. The summed E-state index contributed by atoms with van der Waals surface area (Å²) in [5.41, 5.74) is 1.66. The van der Waals surface area contributed by atoms with Crippen LogP contribution in [0.2, 0.25) is 0 Å². The Labute approximate surface area is 167 Å². The van der Waals surface area contributed by atoms with Gasteiger partial charge in [-0.15, -0.1) is 0 Å². The first kappa shape index (κ1) is 19.6. The highest BCUT2D eigenvalue weighted by Crippen LogP contribution is 2.17. The third kappa shape index (κ3) is 4.33. The molecular formula is C21H25FN4O3. The summed E-state index contributed by atoms with van der Waals surface area (Å²) in [6, 6.07) is 7.98. The Morgan fingerprint density at radius 1 is 1.10 bits per heavy atom. The lowest BCUT2D eigenvalue weighted by molar-refractivity contribution is -0.121. The van der Waals surface area contributed by atoms with E-state index in [1.165, 1.54) is 12.1 Å². The minimum absolute atomic E-state index is 0.0365. The van der Waals surface area contributed by atoms with Gasteiger partial charge < -0.3 is 19.0 Å². The van der Waals surface area contributed by atoms with Gasteiger partial charge in [0.15, 0.2) is 0 Å². The van der Waals surface area contributed by atoms with E-state index in [1.807, 2.05) is 0 Å². The molecule has 1 aromatic carbocycles. The molecule has 0 atom stereocenters. The molecule has 1 saturated heterocycles. The summed E-state index contributed by atoms with van der Waals surface area (Å²) in [4.78, 5) is 27.2. The number of rotatable bonds is 7. The van der Waals surface area contributed by atoms with Crippen molar-refractivity contribution in [3.8, 4) is 0 Å². The third-order valence-electron chi connectivity index (χ3n) is 5.34. The van der Waals surface area contributed by atoms with E-state index in [0.717, 1.165) is 38.4 Å². The lowest BCUT2D eigenvalue weighted by Crippen LogP contribution is -2.41. The Bertz CT molecular complexity index is 1070. The number of amides is 1. The lowest BCUT2D eigenvalue weighted by Gasteiger charge is -2.26. The highest BCUT2D eigenvalue weighted by molar-refractivity contribution is 5.79. The van der Waals surface area contributed by atoms with Crippen molar-refractivity contribution in [2.24, 2.45) is 0 Å². The molecule has 1 amide bonds. The first-order valence-corrected chi connectivity index (χ1v) is 9.99. The van der Waals surface area contributed by atoms with Crippen LogP contribution in [0.1, 0.15) is 12.8 Å². The number of carbonyl (C=O) groups is 1. The van der Waals surface area contributed by atoms with Gasteiger partial charge in [0.05, 0.1) is 24.2 Å². The van der Waals surface area contributed by atoms with Gasteiger partial charge in [-0.25, -0.2) is 4.39 Å². The number of carbonyl (C=O) groups excluding carboxylic acids is 1. The summed E-state index contributed by atoms with van der Waals surface area (Å²) in [5.74, 6) is -0.427. The van der Waals surface area contributed by atoms with E-state index < -0.39 is 5.82 Å². The molecule has 3 heterocycles.